The molecule has 1 fully saturated rings. The SMILES string of the molecule is CCN(C(=O)[C@@H]1CCN(CC(=O)N2CC=C(c3ccc(C(=N)/N=C\NC)cc3)CC2)C1)c1ccc(N)c(C(=N)c2cnc(OC)c(C(F)(F)F)c2)c1. The molecule has 2 aliphatic rings. The lowest BCUT2D eigenvalue weighted by molar-refractivity contribution is -0.139. The molecule has 3 heterocycles. The van der Waals surface area contributed by atoms with Gasteiger partial charge in [0.1, 0.15) is 5.56 Å². The highest BCUT2D eigenvalue weighted by Gasteiger charge is 2.36. The van der Waals surface area contributed by atoms with Gasteiger partial charge in [0.2, 0.25) is 17.7 Å². The number of hydrogen-bond donors (Lipinski definition) is 4. The molecule has 1 saturated heterocycles. The van der Waals surface area contributed by atoms with Crippen LogP contribution in [-0.2, 0) is 15.8 Å². The molecule has 5 rings (SSSR count). The van der Waals surface area contributed by atoms with Gasteiger partial charge >= 0.3 is 6.18 Å². The van der Waals surface area contributed by atoms with Crippen LogP contribution < -0.4 is 20.7 Å². The van der Waals surface area contributed by atoms with Crippen LogP contribution in [0.4, 0.5) is 24.5 Å². The van der Waals surface area contributed by atoms with Gasteiger partial charge in [-0.1, -0.05) is 30.3 Å². The Hall–Kier alpha value is -5.57. The van der Waals surface area contributed by atoms with Crippen molar-refractivity contribution in [3.8, 4) is 5.88 Å². The number of nitrogens with zero attached hydrogens (tertiary/aromatic N) is 5. The maximum atomic E-state index is 13.8. The summed E-state index contributed by atoms with van der Waals surface area (Å²) in [6.07, 6.45) is 1.16. The quantitative estimate of drug-likeness (QED) is 0.127. The molecule has 0 spiro atoms. The number of nitrogens with two attached hydrogens (primary N) is 1. The molecule has 2 aromatic carbocycles. The summed E-state index contributed by atoms with van der Waals surface area (Å²) in [4.78, 5) is 40.2. The van der Waals surface area contributed by atoms with Crippen molar-refractivity contribution in [2.24, 2.45) is 10.9 Å². The van der Waals surface area contributed by atoms with Crippen LogP contribution in [0.25, 0.3) is 5.57 Å². The van der Waals surface area contributed by atoms with E-state index in [-0.39, 0.29) is 52.6 Å². The van der Waals surface area contributed by atoms with Crippen LogP contribution in [0.5, 0.6) is 5.88 Å². The zero-order valence-electron chi connectivity index (χ0n) is 29.3. The summed E-state index contributed by atoms with van der Waals surface area (Å²) in [5, 5.41) is 19.5. The standard InChI is InChI=1S/C37H42F3N9O3/c1-4-49(28-9-10-31(41)29(18-28)33(42)27-17-30(37(38,39)40)35(52-3)45-19-27)36(51)26-11-14-47(20-26)21-32(50)48-15-12-24(13-16-48)23-5-7-25(8-6-23)34(43)46-22-44-2/h5-10,12,17-19,22,26,42H,4,11,13-16,20-21,41H2,1-3H3,(H2,43,44,46)/t26-/m1/s1. The Balaban J connectivity index is 1.19. The number of rotatable bonds is 11. The number of nitrogen functional groups attached to an aromatic ring is 1. The second-order valence-electron chi connectivity index (χ2n) is 12.5. The molecule has 0 aliphatic carbocycles. The van der Waals surface area contributed by atoms with Crippen LogP contribution in [-0.4, -0.2) is 97.9 Å². The van der Waals surface area contributed by atoms with E-state index in [9.17, 15) is 22.8 Å². The molecule has 2 amide bonds. The molecule has 3 aromatic rings. The van der Waals surface area contributed by atoms with Gasteiger partial charge in [-0.05, 0) is 61.7 Å². The summed E-state index contributed by atoms with van der Waals surface area (Å²) in [6, 6.07) is 13.2. The van der Waals surface area contributed by atoms with Crippen LogP contribution in [0.2, 0.25) is 0 Å². The highest BCUT2D eigenvalue weighted by atomic mass is 19.4. The van der Waals surface area contributed by atoms with E-state index in [1.165, 1.54) is 18.5 Å². The number of likely N-dealkylation sites (tertiary alicyclic amines) is 1. The minimum atomic E-state index is -4.74. The minimum absolute atomic E-state index is 0.00895. The van der Waals surface area contributed by atoms with Gasteiger partial charge in [-0.2, -0.15) is 13.2 Å². The fourth-order valence-electron chi connectivity index (χ4n) is 6.40. The van der Waals surface area contributed by atoms with Crippen molar-refractivity contribution in [1.82, 2.24) is 20.1 Å². The van der Waals surface area contributed by atoms with Gasteiger partial charge < -0.3 is 25.6 Å². The van der Waals surface area contributed by atoms with Gasteiger partial charge in [-0.25, -0.2) is 9.98 Å². The molecule has 1 aromatic heterocycles. The predicted octanol–water partition coefficient (Wildman–Crippen LogP) is 4.67. The lowest BCUT2D eigenvalue weighted by Crippen LogP contribution is -2.42. The third kappa shape index (κ3) is 8.48. The minimum Gasteiger partial charge on any atom is -0.481 e. The number of methoxy groups -OCH3 is 1. The van der Waals surface area contributed by atoms with Crippen molar-refractivity contribution in [2.75, 3.05) is 64.1 Å². The number of aliphatic imine (C=N–C) groups is 1. The van der Waals surface area contributed by atoms with Gasteiger partial charge in [-0.15, -0.1) is 0 Å². The first-order valence-electron chi connectivity index (χ1n) is 16.8. The molecular formula is C37H42F3N9O3. The first-order valence-corrected chi connectivity index (χ1v) is 16.8. The monoisotopic (exact) mass is 717 g/mol. The molecule has 2 aliphatic heterocycles. The third-order valence-electron chi connectivity index (χ3n) is 9.23. The summed E-state index contributed by atoms with van der Waals surface area (Å²) in [5.41, 5.74) is 8.35. The Morgan fingerprint density at radius 3 is 2.52 bits per heavy atom. The number of aromatic nitrogens is 1. The van der Waals surface area contributed by atoms with E-state index in [0.717, 1.165) is 30.5 Å². The number of ether oxygens (including phenoxy) is 1. The normalized spacial score (nSPS) is 16.5. The van der Waals surface area contributed by atoms with E-state index in [4.69, 9.17) is 21.3 Å². The summed E-state index contributed by atoms with van der Waals surface area (Å²) >= 11 is 0. The Morgan fingerprint density at radius 2 is 1.88 bits per heavy atom. The Morgan fingerprint density at radius 1 is 1.13 bits per heavy atom. The van der Waals surface area contributed by atoms with E-state index >= 15 is 0 Å². The fraction of sp³-hybridized carbons (Fsp3) is 0.351. The van der Waals surface area contributed by atoms with Crippen LogP contribution in [0.1, 0.15) is 47.6 Å². The summed E-state index contributed by atoms with van der Waals surface area (Å²) in [6.45, 7) is 4.37. The number of amidine groups is 1. The number of amides is 2. The summed E-state index contributed by atoms with van der Waals surface area (Å²) < 4.78 is 45.7. The third-order valence-corrected chi connectivity index (χ3v) is 9.23. The number of carbonyl (C=O) groups is 2. The molecule has 0 unspecified atom stereocenters. The maximum Gasteiger partial charge on any atom is 0.421 e. The lowest BCUT2D eigenvalue weighted by Gasteiger charge is -2.29. The largest absolute Gasteiger partial charge is 0.481 e. The van der Waals surface area contributed by atoms with Gasteiger partial charge in [0.15, 0.2) is 5.84 Å². The number of nitrogens with one attached hydrogen (secondary N) is 3. The van der Waals surface area contributed by atoms with E-state index in [1.807, 2.05) is 41.0 Å². The molecule has 12 nitrogen and oxygen atoms in total. The number of carbonyl (C=O) groups excluding carboxylic acids is 2. The number of halogens is 3. The van der Waals surface area contributed by atoms with Crippen molar-refractivity contribution in [1.29, 1.82) is 10.8 Å². The molecule has 52 heavy (non-hydrogen) atoms. The first-order chi connectivity index (χ1) is 24.8. The van der Waals surface area contributed by atoms with Crippen LogP contribution >= 0.6 is 0 Å². The van der Waals surface area contributed by atoms with Crippen LogP contribution in [0, 0.1) is 16.7 Å². The van der Waals surface area contributed by atoms with Gasteiger partial charge in [0, 0.05) is 67.5 Å². The first kappa shape index (κ1) is 37.7. The van der Waals surface area contributed by atoms with E-state index < -0.39 is 17.6 Å². The highest BCUT2D eigenvalue weighted by Crippen LogP contribution is 2.36. The average Bonchev–Trinajstić information content (AvgIpc) is 3.62. The average molecular weight is 718 g/mol. The van der Waals surface area contributed by atoms with Crippen molar-refractivity contribution in [3.05, 3.63) is 88.6 Å². The second-order valence-corrected chi connectivity index (χ2v) is 12.5. The lowest BCUT2D eigenvalue weighted by atomic mass is 9.98. The Bertz CT molecular complexity index is 1890. The molecule has 5 N–H and O–H groups in total. The van der Waals surface area contributed by atoms with Crippen molar-refractivity contribution < 1.29 is 27.5 Å². The number of pyridine rings is 1. The molecule has 0 saturated carbocycles. The number of alkyl halides is 3. The molecule has 0 bridgehead atoms. The zero-order valence-corrected chi connectivity index (χ0v) is 29.3. The van der Waals surface area contributed by atoms with Crippen molar-refractivity contribution in [3.63, 3.8) is 0 Å². The highest BCUT2D eigenvalue weighted by molar-refractivity contribution is 6.14. The van der Waals surface area contributed by atoms with Crippen LogP contribution in [0.3, 0.4) is 0 Å². The molecule has 274 valence electrons. The zero-order chi connectivity index (χ0) is 37.6. The van der Waals surface area contributed by atoms with Gasteiger partial charge in [-0.3, -0.25) is 25.3 Å². The maximum absolute atomic E-state index is 13.8. The fourth-order valence-corrected chi connectivity index (χ4v) is 6.40. The molecule has 15 heteroatoms. The van der Waals surface area contributed by atoms with Crippen molar-refractivity contribution >= 4 is 46.6 Å². The van der Waals surface area contributed by atoms with E-state index in [2.05, 4.69) is 21.4 Å². The molecular weight excluding hydrogens is 675 g/mol. The smallest absolute Gasteiger partial charge is 0.421 e. The van der Waals surface area contributed by atoms with E-state index in [0.29, 0.717) is 56.8 Å². The predicted molar refractivity (Wildman–Crippen MR) is 195 cm³/mol. The van der Waals surface area contributed by atoms with Crippen molar-refractivity contribution in [2.45, 2.75) is 25.9 Å². The number of benzene rings is 2. The molecule has 1 atom stereocenters. The summed E-state index contributed by atoms with van der Waals surface area (Å²) in [7, 11) is 2.81. The molecule has 0 radical (unpaired) electrons. The Labute approximate surface area is 300 Å². The van der Waals surface area contributed by atoms with Crippen LogP contribution in [0.15, 0.2) is 65.8 Å². The van der Waals surface area contributed by atoms with E-state index in [1.54, 1.807) is 18.0 Å². The van der Waals surface area contributed by atoms with Gasteiger partial charge in [0.25, 0.3) is 0 Å². The Kier molecular flexibility index (Phi) is 11.7. The number of hydrogen-bond acceptors (Lipinski definition) is 8. The topological polar surface area (TPSA) is 164 Å². The summed E-state index contributed by atoms with van der Waals surface area (Å²) in [5.74, 6) is -0.960. The number of anilines is 2. The van der Waals surface area contributed by atoms with Gasteiger partial charge in [0.05, 0.1) is 31.6 Å². The second kappa shape index (κ2) is 16.2.